The van der Waals surface area contributed by atoms with E-state index in [0.29, 0.717) is 6.54 Å². The van der Waals surface area contributed by atoms with Crippen LogP contribution < -0.4 is 16.0 Å². The Balaban J connectivity index is 2.36. The number of likely N-dealkylation sites (tertiary alicyclic amines) is 1. The van der Waals surface area contributed by atoms with Gasteiger partial charge in [-0.05, 0) is 39.7 Å². The number of nitrogens with zero attached hydrogens (tertiary/aromatic N) is 2. The molecule has 1 unspecified atom stereocenters. The van der Waals surface area contributed by atoms with Crippen LogP contribution in [0.15, 0.2) is 4.99 Å². The first-order valence-electron chi connectivity index (χ1n) is 8.74. The molecule has 1 rings (SSSR count). The monoisotopic (exact) mass is 311 g/mol. The zero-order chi connectivity index (χ0) is 16.2. The minimum absolute atomic E-state index is 0.0400. The number of hydrogen-bond acceptors (Lipinski definition) is 3. The molecule has 128 valence electrons. The minimum Gasteiger partial charge on any atom is -0.357 e. The highest BCUT2D eigenvalue weighted by Gasteiger charge is 2.19. The van der Waals surface area contributed by atoms with E-state index in [4.69, 9.17) is 0 Å². The van der Waals surface area contributed by atoms with Crippen LogP contribution in [0.4, 0.5) is 0 Å². The largest absolute Gasteiger partial charge is 0.357 e. The van der Waals surface area contributed by atoms with E-state index in [-0.39, 0.29) is 12.5 Å². The fourth-order valence-electron chi connectivity index (χ4n) is 2.88. The van der Waals surface area contributed by atoms with Gasteiger partial charge in [0, 0.05) is 32.2 Å². The van der Waals surface area contributed by atoms with E-state index in [0.717, 1.165) is 31.6 Å². The van der Waals surface area contributed by atoms with Crippen molar-refractivity contribution < 1.29 is 4.79 Å². The summed E-state index contributed by atoms with van der Waals surface area (Å²) in [4.78, 5) is 18.4. The first-order valence-corrected chi connectivity index (χ1v) is 8.74. The molecule has 0 radical (unpaired) electrons. The second kappa shape index (κ2) is 11.3. The van der Waals surface area contributed by atoms with Gasteiger partial charge in [0.2, 0.25) is 5.91 Å². The zero-order valence-electron chi connectivity index (χ0n) is 14.5. The number of amides is 1. The lowest BCUT2D eigenvalue weighted by atomic mass is 10.0. The lowest BCUT2D eigenvalue weighted by Crippen LogP contribution is -2.46. The Kier molecular flexibility index (Phi) is 9.62. The number of likely N-dealkylation sites (N-methyl/N-ethyl adjacent to an activating group) is 1. The van der Waals surface area contributed by atoms with Gasteiger partial charge in [0.05, 0.1) is 0 Å². The summed E-state index contributed by atoms with van der Waals surface area (Å²) in [5.41, 5.74) is 0. The molecule has 1 heterocycles. The van der Waals surface area contributed by atoms with Crippen LogP contribution in [0.2, 0.25) is 0 Å². The maximum Gasteiger partial charge on any atom is 0.241 e. The molecule has 0 aromatic heterocycles. The Bertz CT molecular complexity index is 345. The molecule has 0 aromatic carbocycles. The molecule has 0 bridgehead atoms. The molecule has 1 atom stereocenters. The molecular weight excluding hydrogens is 278 g/mol. The third-order valence-electron chi connectivity index (χ3n) is 4.01. The van der Waals surface area contributed by atoms with Gasteiger partial charge in [-0.15, -0.1) is 0 Å². The maximum absolute atomic E-state index is 11.5. The fourth-order valence-corrected chi connectivity index (χ4v) is 2.88. The second-order valence-electron chi connectivity index (χ2n) is 5.67. The van der Waals surface area contributed by atoms with Crippen LogP contribution in [0.1, 0.15) is 46.5 Å². The smallest absolute Gasteiger partial charge is 0.241 e. The summed E-state index contributed by atoms with van der Waals surface area (Å²) in [5, 5.41) is 9.27. The third kappa shape index (κ3) is 7.11. The first kappa shape index (κ1) is 18.7. The number of piperidine rings is 1. The molecule has 1 amide bonds. The van der Waals surface area contributed by atoms with Gasteiger partial charge in [0.25, 0.3) is 0 Å². The highest BCUT2D eigenvalue weighted by molar-refractivity contribution is 5.84. The van der Waals surface area contributed by atoms with Crippen molar-refractivity contribution in [2.45, 2.75) is 52.5 Å². The average molecular weight is 311 g/mol. The summed E-state index contributed by atoms with van der Waals surface area (Å²) < 4.78 is 0. The number of rotatable bonds is 8. The minimum atomic E-state index is -0.0400. The van der Waals surface area contributed by atoms with Gasteiger partial charge < -0.3 is 16.0 Å². The predicted molar refractivity (Wildman–Crippen MR) is 92.2 cm³/mol. The highest BCUT2D eigenvalue weighted by atomic mass is 16.1. The number of carbonyl (C=O) groups is 1. The summed E-state index contributed by atoms with van der Waals surface area (Å²) >= 11 is 0. The van der Waals surface area contributed by atoms with Crippen molar-refractivity contribution in [3.05, 3.63) is 0 Å². The Hall–Kier alpha value is -1.30. The third-order valence-corrected chi connectivity index (χ3v) is 4.01. The Morgan fingerprint density at radius 2 is 1.91 bits per heavy atom. The summed E-state index contributed by atoms with van der Waals surface area (Å²) in [7, 11) is 0. The molecule has 22 heavy (non-hydrogen) atoms. The molecular formula is C16H33N5O. The molecule has 1 aliphatic heterocycles. The predicted octanol–water partition coefficient (Wildman–Crippen LogP) is 0.942. The second-order valence-corrected chi connectivity index (χ2v) is 5.67. The molecule has 0 saturated carbocycles. The van der Waals surface area contributed by atoms with Crippen LogP contribution in [0, 0.1) is 0 Å². The lowest BCUT2D eigenvalue weighted by Gasteiger charge is -2.35. The van der Waals surface area contributed by atoms with Gasteiger partial charge in [0.15, 0.2) is 5.96 Å². The van der Waals surface area contributed by atoms with E-state index >= 15 is 0 Å². The van der Waals surface area contributed by atoms with Crippen molar-refractivity contribution in [2.75, 3.05) is 39.3 Å². The molecule has 0 aliphatic carbocycles. The van der Waals surface area contributed by atoms with Crippen molar-refractivity contribution in [1.29, 1.82) is 0 Å². The number of nitrogens with one attached hydrogen (secondary N) is 3. The van der Waals surface area contributed by atoms with E-state index in [1.807, 2.05) is 13.8 Å². The van der Waals surface area contributed by atoms with Crippen LogP contribution in [0.25, 0.3) is 0 Å². The van der Waals surface area contributed by atoms with Gasteiger partial charge in [0.1, 0.15) is 6.54 Å². The summed E-state index contributed by atoms with van der Waals surface area (Å²) in [5.74, 6) is 0.681. The van der Waals surface area contributed by atoms with Crippen molar-refractivity contribution in [2.24, 2.45) is 4.99 Å². The number of guanidine groups is 1. The maximum atomic E-state index is 11.5. The molecule has 0 aromatic rings. The Labute approximate surface area is 135 Å². The van der Waals surface area contributed by atoms with Crippen LogP contribution in [-0.2, 0) is 4.79 Å². The number of aliphatic imine (C=N–C) groups is 1. The fraction of sp³-hybridized carbons (Fsp3) is 0.875. The zero-order valence-corrected chi connectivity index (χ0v) is 14.5. The van der Waals surface area contributed by atoms with Crippen LogP contribution in [-0.4, -0.2) is 62.1 Å². The van der Waals surface area contributed by atoms with E-state index in [1.165, 1.54) is 32.2 Å². The van der Waals surface area contributed by atoms with Crippen LogP contribution in [0.5, 0.6) is 0 Å². The van der Waals surface area contributed by atoms with Crippen molar-refractivity contribution in [1.82, 2.24) is 20.9 Å². The van der Waals surface area contributed by atoms with Gasteiger partial charge in [-0.3, -0.25) is 9.69 Å². The van der Waals surface area contributed by atoms with E-state index in [2.05, 4.69) is 32.8 Å². The van der Waals surface area contributed by atoms with Gasteiger partial charge in [-0.25, -0.2) is 4.99 Å². The highest BCUT2D eigenvalue weighted by Crippen LogP contribution is 2.18. The van der Waals surface area contributed by atoms with Crippen molar-refractivity contribution in [3.63, 3.8) is 0 Å². The summed E-state index contributed by atoms with van der Waals surface area (Å²) in [6.07, 6.45) is 5.22. The van der Waals surface area contributed by atoms with Gasteiger partial charge in [-0.1, -0.05) is 13.3 Å². The molecule has 3 N–H and O–H groups in total. The molecule has 1 aliphatic rings. The first-order chi connectivity index (χ1) is 10.7. The standard InChI is InChI=1S/C16H33N5O/c1-4-14-9-7-8-11-21(14)12-10-19-16(18-6-3)20-13-15(22)17-5-2/h14H,4-13H2,1-3H3,(H,17,22)(H2,18,19,20). The van der Waals surface area contributed by atoms with E-state index in [1.54, 1.807) is 0 Å². The summed E-state index contributed by atoms with van der Waals surface area (Å²) in [6, 6.07) is 0.727. The normalized spacial score (nSPS) is 19.8. The summed E-state index contributed by atoms with van der Waals surface area (Å²) in [6.45, 7) is 10.9. The molecule has 1 saturated heterocycles. The SMILES string of the molecule is CCNC(=O)CN=C(NCC)NCCN1CCCCC1CC. The Morgan fingerprint density at radius 1 is 1.14 bits per heavy atom. The topological polar surface area (TPSA) is 68.8 Å². The molecule has 0 spiro atoms. The number of carbonyl (C=O) groups excluding carboxylic acids is 1. The number of hydrogen-bond donors (Lipinski definition) is 3. The van der Waals surface area contributed by atoms with Gasteiger partial charge >= 0.3 is 0 Å². The Morgan fingerprint density at radius 3 is 2.59 bits per heavy atom. The van der Waals surface area contributed by atoms with Crippen molar-refractivity contribution >= 4 is 11.9 Å². The van der Waals surface area contributed by atoms with E-state index < -0.39 is 0 Å². The van der Waals surface area contributed by atoms with Crippen LogP contribution >= 0.6 is 0 Å². The molecule has 1 fully saturated rings. The molecule has 6 nitrogen and oxygen atoms in total. The van der Waals surface area contributed by atoms with Crippen LogP contribution in [0.3, 0.4) is 0 Å². The molecule has 6 heteroatoms. The van der Waals surface area contributed by atoms with E-state index in [9.17, 15) is 4.79 Å². The quantitative estimate of drug-likeness (QED) is 0.461. The average Bonchev–Trinajstić information content (AvgIpc) is 2.53. The van der Waals surface area contributed by atoms with Crippen molar-refractivity contribution in [3.8, 4) is 0 Å². The van der Waals surface area contributed by atoms with Gasteiger partial charge in [-0.2, -0.15) is 0 Å². The lowest BCUT2D eigenvalue weighted by molar-refractivity contribution is -0.119.